The Morgan fingerprint density at radius 1 is 1.30 bits per heavy atom. The largest absolute Gasteiger partial charge is 0.493 e. The lowest BCUT2D eigenvalue weighted by molar-refractivity contribution is -0.132. The molecule has 2 rings (SSSR count). The zero-order chi connectivity index (χ0) is 14.5. The summed E-state index contributed by atoms with van der Waals surface area (Å²) in [5.41, 5.74) is 1.10. The van der Waals surface area contributed by atoms with Gasteiger partial charge in [-0.3, -0.25) is 0 Å². The van der Waals surface area contributed by atoms with Crippen molar-refractivity contribution < 1.29 is 19.4 Å². The standard InChI is InChI=1S/C16H20O4/c1-11(16(17)18)9-12-7-8-14(19-2)15(10-12)20-13-5-3-4-6-13/h7-10,13H,3-6H2,1-2H3,(H,17,18). The highest BCUT2D eigenvalue weighted by Crippen LogP contribution is 2.32. The molecule has 108 valence electrons. The lowest BCUT2D eigenvalue weighted by Crippen LogP contribution is -2.11. The molecule has 1 fully saturated rings. The zero-order valence-electron chi connectivity index (χ0n) is 11.9. The number of aliphatic carboxylic acids is 1. The Hall–Kier alpha value is -1.97. The van der Waals surface area contributed by atoms with Crippen molar-refractivity contribution in [3.63, 3.8) is 0 Å². The van der Waals surface area contributed by atoms with Crippen molar-refractivity contribution in [2.45, 2.75) is 38.7 Å². The van der Waals surface area contributed by atoms with Gasteiger partial charge in [0, 0.05) is 5.57 Å². The van der Waals surface area contributed by atoms with Crippen LogP contribution in [0.4, 0.5) is 0 Å². The Morgan fingerprint density at radius 3 is 2.60 bits per heavy atom. The van der Waals surface area contributed by atoms with E-state index in [2.05, 4.69) is 0 Å². The van der Waals surface area contributed by atoms with Crippen molar-refractivity contribution >= 4 is 12.0 Å². The van der Waals surface area contributed by atoms with Gasteiger partial charge in [0.05, 0.1) is 13.2 Å². The first-order valence-electron chi connectivity index (χ1n) is 6.86. The average Bonchev–Trinajstić information content (AvgIpc) is 2.92. The molecule has 4 nitrogen and oxygen atoms in total. The van der Waals surface area contributed by atoms with E-state index in [4.69, 9.17) is 14.6 Å². The number of rotatable bonds is 5. The van der Waals surface area contributed by atoms with Gasteiger partial charge < -0.3 is 14.6 Å². The van der Waals surface area contributed by atoms with Crippen LogP contribution >= 0.6 is 0 Å². The molecular weight excluding hydrogens is 256 g/mol. The van der Waals surface area contributed by atoms with Gasteiger partial charge >= 0.3 is 5.97 Å². The fourth-order valence-corrected chi connectivity index (χ4v) is 2.37. The lowest BCUT2D eigenvalue weighted by Gasteiger charge is -2.16. The molecule has 20 heavy (non-hydrogen) atoms. The van der Waals surface area contributed by atoms with Gasteiger partial charge in [0.2, 0.25) is 0 Å². The number of hydrogen-bond acceptors (Lipinski definition) is 3. The second-order valence-corrected chi connectivity index (χ2v) is 5.07. The molecule has 1 aromatic rings. The van der Waals surface area contributed by atoms with Gasteiger partial charge in [-0.2, -0.15) is 0 Å². The second-order valence-electron chi connectivity index (χ2n) is 5.07. The van der Waals surface area contributed by atoms with Crippen LogP contribution in [0.3, 0.4) is 0 Å². The van der Waals surface area contributed by atoms with E-state index in [1.54, 1.807) is 20.1 Å². The highest BCUT2D eigenvalue weighted by molar-refractivity contribution is 5.91. The van der Waals surface area contributed by atoms with Crippen molar-refractivity contribution in [2.75, 3.05) is 7.11 Å². The predicted molar refractivity (Wildman–Crippen MR) is 77.2 cm³/mol. The van der Waals surface area contributed by atoms with E-state index < -0.39 is 5.97 Å². The van der Waals surface area contributed by atoms with Crippen molar-refractivity contribution in [3.8, 4) is 11.5 Å². The quantitative estimate of drug-likeness (QED) is 0.836. The molecule has 1 aromatic carbocycles. The summed E-state index contributed by atoms with van der Waals surface area (Å²) < 4.78 is 11.3. The molecule has 0 aliphatic heterocycles. The van der Waals surface area contributed by atoms with Crippen molar-refractivity contribution in [3.05, 3.63) is 29.3 Å². The number of carboxylic acid groups (broad SMARTS) is 1. The third-order valence-electron chi connectivity index (χ3n) is 3.50. The molecule has 0 heterocycles. The third-order valence-corrected chi connectivity index (χ3v) is 3.50. The van der Waals surface area contributed by atoms with Crippen LogP contribution in [-0.2, 0) is 4.79 Å². The minimum atomic E-state index is -0.918. The summed E-state index contributed by atoms with van der Waals surface area (Å²) in [5, 5.41) is 8.92. The Morgan fingerprint density at radius 2 is 2.00 bits per heavy atom. The molecule has 1 saturated carbocycles. The summed E-state index contributed by atoms with van der Waals surface area (Å²) in [7, 11) is 1.61. The second kappa shape index (κ2) is 6.46. The maximum Gasteiger partial charge on any atom is 0.331 e. The summed E-state index contributed by atoms with van der Waals surface area (Å²) in [6.45, 7) is 1.57. The first-order chi connectivity index (χ1) is 9.60. The normalized spacial score (nSPS) is 16.2. The van der Waals surface area contributed by atoms with Gasteiger partial charge in [0.1, 0.15) is 0 Å². The van der Waals surface area contributed by atoms with Crippen LogP contribution in [0.5, 0.6) is 11.5 Å². The van der Waals surface area contributed by atoms with Gasteiger partial charge in [-0.25, -0.2) is 4.79 Å². The average molecular weight is 276 g/mol. The van der Waals surface area contributed by atoms with E-state index in [1.807, 2.05) is 18.2 Å². The highest BCUT2D eigenvalue weighted by atomic mass is 16.5. The molecular formula is C16H20O4. The molecule has 0 spiro atoms. The minimum absolute atomic E-state index is 0.240. The van der Waals surface area contributed by atoms with Gasteiger partial charge in [0.25, 0.3) is 0 Å². The summed E-state index contributed by atoms with van der Waals surface area (Å²) in [4.78, 5) is 10.9. The monoisotopic (exact) mass is 276 g/mol. The maximum absolute atomic E-state index is 10.9. The number of hydrogen-bond donors (Lipinski definition) is 1. The first-order valence-corrected chi connectivity index (χ1v) is 6.86. The summed E-state index contributed by atoms with van der Waals surface area (Å²) >= 11 is 0. The summed E-state index contributed by atoms with van der Waals surface area (Å²) in [6, 6.07) is 5.47. The first kappa shape index (κ1) is 14.4. The third kappa shape index (κ3) is 3.53. The molecule has 4 heteroatoms. The molecule has 0 aromatic heterocycles. The molecule has 1 aliphatic carbocycles. The minimum Gasteiger partial charge on any atom is -0.493 e. The van der Waals surface area contributed by atoms with E-state index in [0.717, 1.165) is 18.4 Å². The molecule has 0 bridgehead atoms. The molecule has 0 saturated heterocycles. The Labute approximate surface area is 119 Å². The SMILES string of the molecule is COc1ccc(C=C(C)C(=O)O)cc1OC1CCCC1. The Kier molecular flexibility index (Phi) is 4.66. The van der Waals surface area contributed by atoms with E-state index >= 15 is 0 Å². The van der Waals surface area contributed by atoms with Crippen LogP contribution in [0.2, 0.25) is 0 Å². The zero-order valence-corrected chi connectivity index (χ0v) is 11.9. The van der Waals surface area contributed by atoms with E-state index in [9.17, 15) is 4.79 Å². The van der Waals surface area contributed by atoms with Crippen LogP contribution in [0.25, 0.3) is 6.08 Å². The van der Waals surface area contributed by atoms with Crippen molar-refractivity contribution in [1.29, 1.82) is 0 Å². The van der Waals surface area contributed by atoms with Gasteiger partial charge in [-0.15, -0.1) is 0 Å². The van der Waals surface area contributed by atoms with Crippen LogP contribution < -0.4 is 9.47 Å². The smallest absolute Gasteiger partial charge is 0.331 e. The molecule has 0 unspecified atom stereocenters. The molecule has 0 amide bonds. The molecule has 1 N–H and O–H groups in total. The number of carboxylic acids is 1. The van der Waals surface area contributed by atoms with E-state index in [0.29, 0.717) is 17.1 Å². The van der Waals surface area contributed by atoms with Crippen molar-refractivity contribution in [2.24, 2.45) is 0 Å². The van der Waals surface area contributed by atoms with Crippen LogP contribution in [-0.4, -0.2) is 24.3 Å². The van der Waals surface area contributed by atoms with Crippen molar-refractivity contribution in [1.82, 2.24) is 0 Å². The van der Waals surface area contributed by atoms with E-state index in [-0.39, 0.29) is 6.10 Å². The lowest BCUT2D eigenvalue weighted by atomic mass is 10.1. The molecule has 1 aliphatic rings. The van der Waals surface area contributed by atoms with Crippen LogP contribution in [0, 0.1) is 0 Å². The summed E-state index contributed by atoms with van der Waals surface area (Å²) in [5.74, 6) is 0.451. The Bertz CT molecular complexity index is 513. The predicted octanol–water partition coefficient (Wildman–Crippen LogP) is 3.50. The number of benzene rings is 1. The number of ether oxygens (including phenoxy) is 2. The number of methoxy groups -OCH3 is 1. The molecule has 0 radical (unpaired) electrons. The van der Waals surface area contributed by atoms with E-state index in [1.165, 1.54) is 12.8 Å². The number of carbonyl (C=O) groups is 1. The fraction of sp³-hybridized carbons (Fsp3) is 0.438. The highest BCUT2D eigenvalue weighted by Gasteiger charge is 2.18. The summed E-state index contributed by atoms with van der Waals surface area (Å²) in [6.07, 6.45) is 6.40. The Balaban J connectivity index is 2.23. The molecule has 0 atom stereocenters. The van der Waals surface area contributed by atoms with Gasteiger partial charge in [-0.05, 0) is 56.4 Å². The topological polar surface area (TPSA) is 55.8 Å². The van der Waals surface area contributed by atoms with Gasteiger partial charge in [-0.1, -0.05) is 6.07 Å². The van der Waals surface area contributed by atoms with Crippen LogP contribution in [0.15, 0.2) is 23.8 Å². The van der Waals surface area contributed by atoms with Crippen LogP contribution in [0.1, 0.15) is 38.2 Å². The maximum atomic E-state index is 10.9. The fourth-order valence-electron chi connectivity index (χ4n) is 2.37. The van der Waals surface area contributed by atoms with Gasteiger partial charge in [0.15, 0.2) is 11.5 Å².